The van der Waals surface area contributed by atoms with Gasteiger partial charge < -0.3 is 0 Å². The molecule has 0 radical (unpaired) electrons. The van der Waals surface area contributed by atoms with Crippen LogP contribution in [0, 0.1) is 0 Å². The number of rotatable bonds is 6. The summed E-state index contributed by atoms with van der Waals surface area (Å²) >= 11 is 1.20. The van der Waals surface area contributed by atoms with Crippen LogP contribution in [0.3, 0.4) is 0 Å². The molecule has 0 aliphatic rings. The Morgan fingerprint density at radius 3 is 2.40 bits per heavy atom. The summed E-state index contributed by atoms with van der Waals surface area (Å²) in [4.78, 5) is 30.6. The van der Waals surface area contributed by atoms with Crippen molar-refractivity contribution in [3.8, 4) is 5.69 Å². The Morgan fingerprint density at radius 2 is 1.57 bits per heavy atom. The van der Waals surface area contributed by atoms with Crippen LogP contribution in [0.25, 0.3) is 27.4 Å². The lowest BCUT2D eigenvalue weighted by Crippen LogP contribution is -2.24. The van der Waals surface area contributed by atoms with Crippen LogP contribution in [0.1, 0.15) is 12.5 Å². The van der Waals surface area contributed by atoms with Crippen molar-refractivity contribution in [1.82, 2.24) is 15.0 Å². The van der Waals surface area contributed by atoms with E-state index in [9.17, 15) is 9.59 Å². The van der Waals surface area contributed by atoms with E-state index < -0.39 is 0 Å². The molecule has 35 heavy (non-hydrogen) atoms. The van der Waals surface area contributed by atoms with Crippen LogP contribution in [-0.4, -0.2) is 26.9 Å². The number of aromatic nitrogens is 2. The van der Waals surface area contributed by atoms with Crippen LogP contribution in [0.5, 0.6) is 0 Å². The zero-order valence-corrected chi connectivity index (χ0v) is 19.8. The van der Waals surface area contributed by atoms with Crippen LogP contribution in [-0.2, 0) is 4.79 Å². The van der Waals surface area contributed by atoms with Gasteiger partial charge in [0.25, 0.3) is 11.5 Å². The van der Waals surface area contributed by atoms with Gasteiger partial charge in [-0.05, 0) is 42.0 Å². The zero-order chi connectivity index (χ0) is 24.2. The monoisotopic (exact) mass is 478 g/mol. The fraction of sp³-hybridized carbons (Fsp3) is 0.0714. The molecule has 4 aromatic carbocycles. The third-order valence-electron chi connectivity index (χ3n) is 5.62. The van der Waals surface area contributed by atoms with E-state index in [2.05, 4.69) is 15.5 Å². The Morgan fingerprint density at radius 1 is 0.886 bits per heavy atom. The number of hydrogen-bond acceptors (Lipinski definition) is 5. The number of fused-ring (bicyclic) bond motifs is 2. The number of carbonyl (C=O) groups excluding carboxylic acids is 1. The molecular formula is C28H22N4O2S. The van der Waals surface area contributed by atoms with Crippen molar-refractivity contribution < 1.29 is 4.79 Å². The number of benzene rings is 4. The number of nitrogens with zero attached hydrogens (tertiary/aromatic N) is 3. The van der Waals surface area contributed by atoms with E-state index in [-0.39, 0.29) is 17.2 Å². The number of amides is 1. The number of thioether (sulfide) groups is 1. The van der Waals surface area contributed by atoms with E-state index in [0.717, 1.165) is 16.3 Å². The first-order chi connectivity index (χ1) is 17.1. The zero-order valence-electron chi connectivity index (χ0n) is 19.0. The largest absolute Gasteiger partial charge is 0.272 e. The normalized spacial score (nSPS) is 11.6. The smallest absolute Gasteiger partial charge is 0.266 e. The summed E-state index contributed by atoms with van der Waals surface area (Å²) in [6.07, 6.45) is 0. The van der Waals surface area contributed by atoms with Crippen molar-refractivity contribution in [2.24, 2.45) is 5.10 Å². The highest BCUT2D eigenvalue weighted by atomic mass is 32.2. The van der Waals surface area contributed by atoms with Crippen molar-refractivity contribution in [3.05, 3.63) is 113 Å². The van der Waals surface area contributed by atoms with Crippen molar-refractivity contribution in [3.63, 3.8) is 0 Å². The minimum Gasteiger partial charge on any atom is -0.272 e. The Hall–Kier alpha value is -4.23. The van der Waals surface area contributed by atoms with Gasteiger partial charge in [-0.2, -0.15) is 5.10 Å². The maximum atomic E-state index is 13.3. The van der Waals surface area contributed by atoms with E-state index in [1.165, 1.54) is 11.8 Å². The van der Waals surface area contributed by atoms with Crippen LogP contribution < -0.4 is 11.0 Å². The molecule has 0 bridgehead atoms. The molecule has 6 nitrogen and oxygen atoms in total. The maximum Gasteiger partial charge on any atom is 0.266 e. The third kappa shape index (κ3) is 4.72. The molecular weight excluding hydrogens is 456 g/mol. The molecule has 0 saturated heterocycles. The molecule has 0 fully saturated rings. The molecule has 0 spiro atoms. The molecule has 5 aromatic rings. The quantitative estimate of drug-likeness (QED) is 0.158. The van der Waals surface area contributed by atoms with Gasteiger partial charge in [0.2, 0.25) is 0 Å². The first-order valence-electron chi connectivity index (χ1n) is 11.1. The first-order valence-corrected chi connectivity index (χ1v) is 12.1. The second-order valence-electron chi connectivity index (χ2n) is 7.94. The van der Waals surface area contributed by atoms with E-state index in [4.69, 9.17) is 0 Å². The molecule has 5 rings (SSSR count). The van der Waals surface area contributed by atoms with Gasteiger partial charge in [-0.15, -0.1) is 0 Å². The average molecular weight is 479 g/mol. The minimum atomic E-state index is -0.281. The van der Waals surface area contributed by atoms with E-state index in [1.807, 2.05) is 91.9 Å². The van der Waals surface area contributed by atoms with Crippen LogP contribution in [0.15, 0.2) is 112 Å². The third-order valence-corrected chi connectivity index (χ3v) is 6.56. The molecule has 1 amide bonds. The summed E-state index contributed by atoms with van der Waals surface area (Å²) in [6.45, 7) is 1.87. The standard InChI is InChI=1S/C28H22N4O2S/c1-19(22-16-9-11-20-10-5-6-14-23(20)22)30-31-26(33)18-35-28-29-25-17-8-7-15-24(25)27(34)32(28)21-12-3-2-4-13-21/h2-17H,18H2,1H3,(H,31,33). The van der Waals surface area contributed by atoms with Crippen molar-refractivity contribution in [2.75, 3.05) is 5.75 Å². The Labute approximate surface area is 206 Å². The summed E-state index contributed by atoms with van der Waals surface area (Å²) in [6, 6.07) is 30.6. The number of nitrogens with one attached hydrogen (secondary N) is 1. The van der Waals surface area contributed by atoms with Gasteiger partial charge in [-0.3, -0.25) is 14.2 Å². The molecule has 172 valence electrons. The number of para-hydroxylation sites is 2. The molecule has 0 saturated carbocycles. The van der Waals surface area contributed by atoms with Gasteiger partial charge in [0.05, 0.1) is 28.1 Å². The van der Waals surface area contributed by atoms with Crippen molar-refractivity contribution in [1.29, 1.82) is 0 Å². The molecule has 0 atom stereocenters. The highest BCUT2D eigenvalue weighted by Crippen LogP contribution is 2.22. The fourth-order valence-electron chi connectivity index (χ4n) is 3.92. The summed E-state index contributed by atoms with van der Waals surface area (Å²) in [7, 11) is 0. The minimum absolute atomic E-state index is 0.0595. The maximum absolute atomic E-state index is 13.3. The molecule has 0 aliphatic heterocycles. The number of hydrazone groups is 1. The van der Waals surface area contributed by atoms with Gasteiger partial charge in [-0.25, -0.2) is 10.4 Å². The van der Waals surface area contributed by atoms with Gasteiger partial charge in [0, 0.05) is 5.56 Å². The van der Waals surface area contributed by atoms with Crippen molar-refractivity contribution in [2.45, 2.75) is 12.1 Å². The highest BCUT2D eigenvalue weighted by Gasteiger charge is 2.14. The van der Waals surface area contributed by atoms with E-state index >= 15 is 0 Å². The van der Waals surface area contributed by atoms with Crippen LogP contribution in [0.2, 0.25) is 0 Å². The van der Waals surface area contributed by atoms with Crippen LogP contribution in [0.4, 0.5) is 0 Å². The first kappa shape index (κ1) is 22.6. The summed E-state index contributed by atoms with van der Waals surface area (Å²) in [5.74, 6) is -0.221. The molecule has 0 unspecified atom stereocenters. The Balaban J connectivity index is 1.38. The number of carbonyl (C=O) groups is 1. The molecule has 1 N–H and O–H groups in total. The van der Waals surface area contributed by atoms with Gasteiger partial charge >= 0.3 is 0 Å². The lowest BCUT2D eigenvalue weighted by atomic mass is 10.0. The van der Waals surface area contributed by atoms with Gasteiger partial charge in [-0.1, -0.05) is 84.6 Å². The lowest BCUT2D eigenvalue weighted by Gasteiger charge is -2.13. The van der Waals surface area contributed by atoms with Crippen molar-refractivity contribution >= 4 is 45.1 Å². The lowest BCUT2D eigenvalue weighted by molar-refractivity contribution is -0.118. The van der Waals surface area contributed by atoms with Crippen LogP contribution >= 0.6 is 11.8 Å². The summed E-state index contributed by atoms with van der Waals surface area (Å²) in [5, 5.41) is 7.49. The van der Waals surface area contributed by atoms with Gasteiger partial charge in [0.1, 0.15) is 0 Å². The number of hydrogen-bond donors (Lipinski definition) is 1. The highest BCUT2D eigenvalue weighted by molar-refractivity contribution is 7.99. The van der Waals surface area contributed by atoms with Gasteiger partial charge in [0.15, 0.2) is 5.16 Å². The SMILES string of the molecule is CC(=NNC(=O)CSc1nc2ccccc2c(=O)n1-c1ccccc1)c1cccc2ccccc12. The predicted octanol–water partition coefficient (Wildman–Crippen LogP) is 5.17. The molecule has 1 heterocycles. The second-order valence-corrected chi connectivity index (χ2v) is 8.88. The Kier molecular flexibility index (Phi) is 6.41. The summed E-state index contributed by atoms with van der Waals surface area (Å²) in [5.41, 5.74) is 5.44. The van der Waals surface area contributed by atoms with E-state index in [1.54, 1.807) is 16.7 Å². The molecule has 0 aliphatic carbocycles. The van der Waals surface area contributed by atoms with E-state index in [0.29, 0.717) is 27.5 Å². The summed E-state index contributed by atoms with van der Waals surface area (Å²) < 4.78 is 1.55. The Bertz CT molecular complexity index is 1620. The fourth-order valence-corrected chi connectivity index (χ4v) is 4.73. The predicted molar refractivity (Wildman–Crippen MR) is 142 cm³/mol. The molecule has 1 aromatic heterocycles. The molecule has 7 heteroatoms. The topological polar surface area (TPSA) is 76.3 Å². The second kappa shape index (κ2) is 9.95. The average Bonchev–Trinajstić information content (AvgIpc) is 2.90.